The highest BCUT2D eigenvalue weighted by atomic mass is 79.9. The minimum absolute atomic E-state index is 0.590. The molecule has 0 aliphatic carbocycles. The van der Waals surface area contributed by atoms with E-state index in [1.165, 1.54) is 5.69 Å². The average molecular weight is 335 g/mol. The quantitative estimate of drug-likeness (QED) is 0.935. The van der Waals surface area contributed by atoms with Crippen molar-refractivity contribution in [3.63, 3.8) is 0 Å². The summed E-state index contributed by atoms with van der Waals surface area (Å²) in [6.07, 6.45) is 3.44. The topological polar surface area (TPSA) is 50.3 Å². The van der Waals surface area contributed by atoms with Crippen LogP contribution >= 0.6 is 15.9 Å². The molecule has 1 N–H and O–H groups in total. The highest BCUT2D eigenvalue weighted by molar-refractivity contribution is 9.10. The monoisotopic (exact) mass is 334 g/mol. The third kappa shape index (κ3) is 3.26. The van der Waals surface area contributed by atoms with Gasteiger partial charge in [0.05, 0.1) is 17.7 Å². The third-order valence-corrected chi connectivity index (χ3v) is 3.53. The van der Waals surface area contributed by atoms with Crippen molar-refractivity contribution >= 4 is 33.3 Å². The summed E-state index contributed by atoms with van der Waals surface area (Å²) >= 11 is 3.32. The third-order valence-electron chi connectivity index (χ3n) is 3.12. The van der Waals surface area contributed by atoms with E-state index in [1.807, 2.05) is 12.1 Å². The Kier molecular flexibility index (Phi) is 4.13. The first-order chi connectivity index (χ1) is 9.81. The Morgan fingerprint density at radius 2 is 1.70 bits per heavy atom. The van der Waals surface area contributed by atoms with Crippen LogP contribution in [-0.2, 0) is 4.74 Å². The minimum Gasteiger partial charge on any atom is -0.378 e. The van der Waals surface area contributed by atoms with E-state index in [0.717, 1.165) is 36.5 Å². The van der Waals surface area contributed by atoms with Crippen LogP contribution in [0.15, 0.2) is 41.1 Å². The maximum Gasteiger partial charge on any atom is 0.227 e. The summed E-state index contributed by atoms with van der Waals surface area (Å²) in [6, 6.07) is 8.28. The Hall–Kier alpha value is -1.66. The van der Waals surface area contributed by atoms with Crippen LogP contribution in [0.1, 0.15) is 0 Å². The largest absolute Gasteiger partial charge is 0.378 e. The lowest BCUT2D eigenvalue weighted by Gasteiger charge is -2.28. The Balaban J connectivity index is 1.67. The standard InChI is InChI=1S/C14H15BrN4O/c15-11-9-16-14(17-10-11)18-12-1-3-13(4-2-12)19-5-7-20-8-6-19/h1-4,9-10H,5-8H2,(H,16,17,18). The number of hydrogen-bond donors (Lipinski definition) is 1. The summed E-state index contributed by atoms with van der Waals surface area (Å²) in [5.74, 6) is 0.590. The smallest absolute Gasteiger partial charge is 0.227 e. The predicted molar refractivity (Wildman–Crippen MR) is 82.5 cm³/mol. The highest BCUT2D eigenvalue weighted by Gasteiger charge is 2.10. The first-order valence-corrected chi connectivity index (χ1v) is 7.28. The second-order valence-corrected chi connectivity index (χ2v) is 5.41. The molecule has 1 aromatic carbocycles. The molecule has 6 heteroatoms. The van der Waals surface area contributed by atoms with Crippen molar-refractivity contribution in [3.05, 3.63) is 41.1 Å². The van der Waals surface area contributed by atoms with E-state index in [1.54, 1.807) is 12.4 Å². The normalized spacial score (nSPS) is 15.2. The number of rotatable bonds is 3. The zero-order chi connectivity index (χ0) is 13.8. The van der Waals surface area contributed by atoms with Gasteiger partial charge in [-0.05, 0) is 40.2 Å². The van der Waals surface area contributed by atoms with Gasteiger partial charge in [0.25, 0.3) is 0 Å². The fraction of sp³-hybridized carbons (Fsp3) is 0.286. The number of hydrogen-bond acceptors (Lipinski definition) is 5. The lowest BCUT2D eigenvalue weighted by atomic mass is 10.2. The molecule has 1 aromatic heterocycles. The van der Waals surface area contributed by atoms with Crippen LogP contribution in [0.5, 0.6) is 0 Å². The number of nitrogens with zero attached hydrogens (tertiary/aromatic N) is 3. The molecule has 1 fully saturated rings. The van der Waals surface area contributed by atoms with Crippen molar-refractivity contribution in [2.45, 2.75) is 0 Å². The molecule has 5 nitrogen and oxygen atoms in total. The molecule has 0 spiro atoms. The van der Waals surface area contributed by atoms with Gasteiger partial charge in [0.15, 0.2) is 0 Å². The van der Waals surface area contributed by atoms with Crippen LogP contribution in [0, 0.1) is 0 Å². The Morgan fingerprint density at radius 1 is 1.05 bits per heavy atom. The van der Waals surface area contributed by atoms with Crippen LogP contribution in [0.3, 0.4) is 0 Å². The number of halogens is 1. The molecule has 2 heterocycles. The van der Waals surface area contributed by atoms with Gasteiger partial charge in [-0.3, -0.25) is 0 Å². The SMILES string of the molecule is Brc1cnc(Nc2ccc(N3CCOCC3)cc2)nc1. The molecule has 3 rings (SSSR count). The first kappa shape index (κ1) is 13.3. The summed E-state index contributed by atoms with van der Waals surface area (Å²) in [6.45, 7) is 3.49. The lowest BCUT2D eigenvalue weighted by molar-refractivity contribution is 0.122. The van der Waals surface area contributed by atoms with Crippen molar-refractivity contribution in [3.8, 4) is 0 Å². The summed E-state index contributed by atoms with van der Waals surface area (Å²) in [4.78, 5) is 10.7. The van der Waals surface area contributed by atoms with E-state index in [0.29, 0.717) is 5.95 Å². The van der Waals surface area contributed by atoms with Crippen LogP contribution in [-0.4, -0.2) is 36.3 Å². The zero-order valence-corrected chi connectivity index (χ0v) is 12.5. The molecule has 1 saturated heterocycles. The lowest BCUT2D eigenvalue weighted by Crippen LogP contribution is -2.36. The van der Waals surface area contributed by atoms with E-state index < -0.39 is 0 Å². The van der Waals surface area contributed by atoms with Gasteiger partial charge >= 0.3 is 0 Å². The second kappa shape index (κ2) is 6.19. The molecular weight excluding hydrogens is 320 g/mol. The molecule has 2 aromatic rings. The van der Waals surface area contributed by atoms with Crippen LogP contribution in [0.2, 0.25) is 0 Å². The van der Waals surface area contributed by atoms with Crippen molar-refractivity contribution in [2.24, 2.45) is 0 Å². The van der Waals surface area contributed by atoms with Gasteiger partial charge in [-0.1, -0.05) is 0 Å². The first-order valence-electron chi connectivity index (χ1n) is 6.48. The number of morpholine rings is 1. The molecule has 1 aliphatic rings. The Bertz CT molecular complexity index is 552. The fourth-order valence-corrected chi connectivity index (χ4v) is 2.29. The van der Waals surface area contributed by atoms with Crippen molar-refractivity contribution in [2.75, 3.05) is 36.5 Å². The highest BCUT2D eigenvalue weighted by Crippen LogP contribution is 2.20. The molecule has 0 radical (unpaired) electrons. The average Bonchev–Trinajstić information content (AvgIpc) is 2.51. The van der Waals surface area contributed by atoms with E-state index in [4.69, 9.17) is 4.74 Å². The van der Waals surface area contributed by atoms with E-state index >= 15 is 0 Å². The van der Waals surface area contributed by atoms with Gasteiger partial charge in [0.2, 0.25) is 5.95 Å². The molecule has 0 bridgehead atoms. The second-order valence-electron chi connectivity index (χ2n) is 4.50. The van der Waals surface area contributed by atoms with E-state index in [9.17, 15) is 0 Å². The fourth-order valence-electron chi connectivity index (χ4n) is 2.08. The van der Waals surface area contributed by atoms with Crippen LogP contribution in [0.4, 0.5) is 17.3 Å². The van der Waals surface area contributed by atoms with E-state index in [-0.39, 0.29) is 0 Å². The van der Waals surface area contributed by atoms with Gasteiger partial charge < -0.3 is 15.0 Å². The summed E-state index contributed by atoms with van der Waals surface area (Å²) in [7, 11) is 0. The number of aromatic nitrogens is 2. The minimum atomic E-state index is 0.590. The number of anilines is 3. The zero-order valence-electron chi connectivity index (χ0n) is 10.9. The molecule has 0 saturated carbocycles. The number of benzene rings is 1. The Labute approximate surface area is 126 Å². The number of nitrogens with one attached hydrogen (secondary N) is 1. The molecule has 20 heavy (non-hydrogen) atoms. The number of ether oxygens (including phenoxy) is 1. The maximum atomic E-state index is 5.36. The maximum absolute atomic E-state index is 5.36. The van der Waals surface area contributed by atoms with Crippen LogP contribution in [0.25, 0.3) is 0 Å². The Morgan fingerprint density at radius 3 is 2.35 bits per heavy atom. The molecule has 0 amide bonds. The van der Waals surface area contributed by atoms with Crippen LogP contribution < -0.4 is 10.2 Å². The van der Waals surface area contributed by atoms with Crippen molar-refractivity contribution < 1.29 is 4.74 Å². The van der Waals surface area contributed by atoms with Crippen molar-refractivity contribution in [1.82, 2.24) is 9.97 Å². The summed E-state index contributed by atoms with van der Waals surface area (Å²) in [5.41, 5.74) is 2.19. The predicted octanol–water partition coefficient (Wildman–Crippen LogP) is 2.82. The van der Waals surface area contributed by atoms with Gasteiger partial charge in [0.1, 0.15) is 0 Å². The molecular formula is C14H15BrN4O. The molecule has 1 aliphatic heterocycles. The molecule has 0 atom stereocenters. The van der Waals surface area contributed by atoms with Gasteiger partial charge in [0, 0.05) is 36.9 Å². The molecule has 0 unspecified atom stereocenters. The van der Waals surface area contributed by atoms with Gasteiger partial charge in [-0.25, -0.2) is 9.97 Å². The summed E-state index contributed by atoms with van der Waals surface area (Å²) < 4.78 is 6.23. The molecule has 104 valence electrons. The van der Waals surface area contributed by atoms with E-state index in [2.05, 4.69) is 48.2 Å². The summed E-state index contributed by atoms with van der Waals surface area (Å²) in [5, 5.41) is 3.17. The van der Waals surface area contributed by atoms with Gasteiger partial charge in [-0.2, -0.15) is 0 Å². The van der Waals surface area contributed by atoms with Gasteiger partial charge in [-0.15, -0.1) is 0 Å². The van der Waals surface area contributed by atoms with Crippen molar-refractivity contribution in [1.29, 1.82) is 0 Å².